The molecule has 1 aromatic heterocycles. The van der Waals surface area contributed by atoms with Crippen LogP contribution in [0.1, 0.15) is 17.4 Å². The Labute approximate surface area is 149 Å². The minimum Gasteiger partial charge on any atom is -0.483 e. The largest absolute Gasteiger partial charge is 0.483 e. The normalized spacial score (nSPS) is 17.0. The van der Waals surface area contributed by atoms with Crippen LogP contribution in [0.4, 0.5) is 0 Å². The minimum absolute atomic E-state index is 0.102. The molecule has 1 fully saturated rings. The number of Topliss-reactive ketones (excluding diaryl/α,β-unsaturated/α-hetero) is 1. The zero-order chi connectivity index (χ0) is 19.7. The summed E-state index contributed by atoms with van der Waals surface area (Å²) in [7, 11) is 0. The number of nitrogens with one attached hydrogen (secondary N) is 1. The standard InChI is InChI=1S/C13H15N3O5.C2H4.CH2O2/c1-8(17)6-21-12-9(18)2-3-16-11(12)13(19)15-4-5-20-7-10(15)14-16;1-2;2-1-3/h2-3,10,14H,4-7H2,1H3;1-2H2;1H,(H,2,3). The Morgan fingerprint density at radius 1 is 1.50 bits per heavy atom. The number of carbonyl (C=O) groups is 3. The first-order valence-corrected chi connectivity index (χ1v) is 7.60. The summed E-state index contributed by atoms with van der Waals surface area (Å²) < 4.78 is 12.0. The maximum Gasteiger partial charge on any atom is 0.290 e. The van der Waals surface area contributed by atoms with Crippen LogP contribution in [0.15, 0.2) is 30.2 Å². The highest BCUT2D eigenvalue weighted by molar-refractivity contribution is 5.96. The average molecular weight is 367 g/mol. The number of hydrogen-bond acceptors (Lipinski definition) is 7. The Morgan fingerprint density at radius 3 is 2.77 bits per heavy atom. The van der Waals surface area contributed by atoms with Crippen molar-refractivity contribution in [3.63, 3.8) is 0 Å². The fourth-order valence-corrected chi connectivity index (χ4v) is 2.39. The number of amides is 1. The van der Waals surface area contributed by atoms with Crippen molar-refractivity contribution in [3.8, 4) is 5.75 Å². The van der Waals surface area contributed by atoms with Gasteiger partial charge in [-0.2, -0.15) is 0 Å². The Bertz CT molecular complexity index is 716. The molecule has 0 bridgehead atoms. The van der Waals surface area contributed by atoms with Gasteiger partial charge in [-0.15, -0.1) is 13.2 Å². The van der Waals surface area contributed by atoms with Crippen LogP contribution in [0, 0.1) is 0 Å². The molecule has 0 saturated carbocycles. The van der Waals surface area contributed by atoms with E-state index in [-0.39, 0.29) is 42.4 Å². The fourth-order valence-electron chi connectivity index (χ4n) is 2.39. The summed E-state index contributed by atoms with van der Waals surface area (Å²) in [4.78, 5) is 45.5. The minimum atomic E-state index is -0.427. The smallest absolute Gasteiger partial charge is 0.290 e. The summed E-state index contributed by atoms with van der Waals surface area (Å²) in [6, 6.07) is 1.29. The Balaban J connectivity index is 0.000000615. The van der Waals surface area contributed by atoms with Crippen molar-refractivity contribution >= 4 is 18.2 Å². The van der Waals surface area contributed by atoms with E-state index in [9.17, 15) is 14.4 Å². The molecular weight excluding hydrogens is 346 g/mol. The molecule has 2 N–H and O–H groups in total. The molecule has 3 rings (SSSR count). The van der Waals surface area contributed by atoms with Crippen molar-refractivity contribution in [2.75, 3.05) is 31.8 Å². The molecule has 0 aromatic carbocycles. The van der Waals surface area contributed by atoms with Crippen molar-refractivity contribution in [2.24, 2.45) is 0 Å². The lowest BCUT2D eigenvalue weighted by Gasteiger charge is -2.41. The van der Waals surface area contributed by atoms with Gasteiger partial charge in [-0.25, -0.2) is 0 Å². The van der Waals surface area contributed by atoms with E-state index in [1.807, 2.05) is 0 Å². The predicted molar refractivity (Wildman–Crippen MR) is 91.8 cm³/mol. The first-order valence-electron chi connectivity index (χ1n) is 7.60. The Hall–Kier alpha value is -3.14. The number of fused-ring (bicyclic) bond motifs is 2. The Kier molecular flexibility index (Phi) is 8.03. The number of rotatable bonds is 3. The summed E-state index contributed by atoms with van der Waals surface area (Å²) >= 11 is 0. The lowest BCUT2D eigenvalue weighted by Crippen LogP contribution is -2.59. The number of pyridine rings is 1. The number of ether oxygens (including phenoxy) is 2. The highest BCUT2D eigenvalue weighted by Crippen LogP contribution is 2.22. The van der Waals surface area contributed by atoms with Gasteiger partial charge in [0.25, 0.3) is 12.4 Å². The second-order valence-electron chi connectivity index (χ2n) is 5.04. The van der Waals surface area contributed by atoms with Gasteiger partial charge in [-0.05, 0) is 6.92 Å². The summed E-state index contributed by atoms with van der Waals surface area (Å²) in [5.41, 5.74) is 2.76. The van der Waals surface area contributed by atoms with Gasteiger partial charge in [-0.3, -0.25) is 23.9 Å². The summed E-state index contributed by atoms with van der Waals surface area (Å²) in [6.45, 7) is 8.12. The molecule has 1 saturated heterocycles. The van der Waals surface area contributed by atoms with Gasteiger partial charge in [0.15, 0.2) is 17.2 Å². The second-order valence-corrected chi connectivity index (χ2v) is 5.04. The first kappa shape index (κ1) is 20.9. The van der Waals surface area contributed by atoms with Gasteiger partial charge >= 0.3 is 0 Å². The number of ketones is 1. The van der Waals surface area contributed by atoms with Gasteiger partial charge in [0.1, 0.15) is 12.8 Å². The zero-order valence-corrected chi connectivity index (χ0v) is 14.3. The summed E-state index contributed by atoms with van der Waals surface area (Å²) in [6.07, 6.45) is 1.20. The van der Waals surface area contributed by atoms with Crippen LogP contribution in [0.2, 0.25) is 0 Å². The molecular formula is C16H21N3O7. The number of morpholine rings is 1. The number of carboxylic acid groups (broad SMARTS) is 1. The SMILES string of the molecule is C=C.CC(=O)COc1c2n(ccc1=O)NC1COCCN1C2=O.O=CO. The van der Waals surface area contributed by atoms with Crippen molar-refractivity contribution < 1.29 is 29.0 Å². The van der Waals surface area contributed by atoms with Crippen molar-refractivity contribution in [1.29, 1.82) is 0 Å². The van der Waals surface area contributed by atoms with Crippen LogP contribution in [-0.2, 0) is 14.3 Å². The number of nitrogens with zero attached hydrogens (tertiary/aromatic N) is 2. The maximum absolute atomic E-state index is 12.6. The van der Waals surface area contributed by atoms with Gasteiger partial charge in [0.2, 0.25) is 5.43 Å². The predicted octanol–water partition coefficient (Wildman–Crippen LogP) is -0.325. The van der Waals surface area contributed by atoms with Crippen molar-refractivity contribution in [3.05, 3.63) is 41.3 Å². The van der Waals surface area contributed by atoms with E-state index in [1.54, 1.807) is 4.90 Å². The third kappa shape index (κ3) is 4.70. The molecule has 1 unspecified atom stereocenters. The molecule has 1 aromatic rings. The topological polar surface area (TPSA) is 127 Å². The average Bonchev–Trinajstić information content (AvgIpc) is 2.64. The van der Waals surface area contributed by atoms with Gasteiger partial charge in [0.05, 0.1) is 13.2 Å². The third-order valence-electron chi connectivity index (χ3n) is 3.35. The fraction of sp³-hybridized carbons (Fsp3) is 0.375. The van der Waals surface area contributed by atoms with Crippen molar-refractivity contribution in [2.45, 2.75) is 13.1 Å². The lowest BCUT2D eigenvalue weighted by atomic mass is 10.2. The molecule has 142 valence electrons. The molecule has 1 atom stereocenters. The van der Waals surface area contributed by atoms with E-state index in [1.165, 1.54) is 23.9 Å². The lowest BCUT2D eigenvalue weighted by molar-refractivity contribution is -0.123. The van der Waals surface area contributed by atoms with Crippen LogP contribution >= 0.6 is 0 Å². The van der Waals surface area contributed by atoms with E-state index in [4.69, 9.17) is 19.4 Å². The van der Waals surface area contributed by atoms with Gasteiger partial charge in [-0.1, -0.05) is 0 Å². The quantitative estimate of drug-likeness (QED) is 0.549. The molecule has 10 nitrogen and oxygen atoms in total. The van der Waals surface area contributed by atoms with Crippen LogP contribution < -0.4 is 15.6 Å². The molecule has 0 radical (unpaired) electrons. The number of carbonyl (C=O) groups excluding carboxylic acids is 2. The van der Waals surface area contributed by atoms with Crippen LogP contribution in [0.25, 0.3) is 0 Å². The van der Waals surface area contributed by atoms with E-state index in [2.05, 4.69) is 18.6 Å². The van der Waals surface area contributed by atoms with E-state index in [0.29, 0.717) is 19.8 Å². The molecule has 1 amide bonds. The first-order chi connectivity index (χ1) is 12.5. The molecule has 2 aliphatic heterocycles. The highest BCUT2D eigenvalue weighted by Gasteiger charge is 2.36. The highest BCUT2D eigenvalue weighted by atomic mass is 16.5. The molecule has 2 aliphatic rings. The van der Waals surface area contributed by atoms with E-state index >= 15 is 0 Å². The molecule has 0 aliphatic carbocycles. The van der Waals surface area contributed by atoms with Crippen LogP contribution in [0.5, 0.6) is 5.75 Å². The molecule has 3 heterocycles. The maximum atomic E-state index is 12.6. The summed E-state index contributed by atoms with van der Waals surface area (Å²) in [5.74, 6) is -0.633. The van der Waals surface area contributed by atoms with E-state index in [0.717, 1.165) is 0 Å². The Morgan fingerprint density at radius 2 is 2.15 bits per heavy atom. The van der Waals surface area contributed by atoms with Crippen LogP contribution in [-0.4, -0.2) is 65.4 Å². The summed E-state index contributed by atoms with van der Waals surface area (Å²) in [5, 5.41) is 6.89. The number of hydrogen-bond donors (Lipinski definition) is 2. The second kappa shape index (κ2) is 9.99. The van der Waals surface area contributed by atoms with Gasteiger partial charge < -0.3 is 24.9 Å². The number of aromatic nitrogens is 1. The van der Waals surface area contributed by atoms with Gasteiger partial charge in [0, 0.05) is 18.8 Å². The third-order valence-corrected chi connectivity index (χ3v) is 3.35. The van der Waals surface area contributed by atoms with Crippen LogP contribution in [0.3, 0.4) is 0 Å². The van der Waals surface area contributed by atoms with E-state index < -0.39 is 5.43 Å². The molecule has 26 heavy (non-hydrogen) atoms. The monoisotopic (exact) mass is 367 g/mol. The molecule has 0 spiro atoms. The van der Waals surface area contributed by atoms with Crippen molar-refractivity contribution in [1.82, 2.24) is 9.58 Å². The molecule has 10 heteroatoms. The zero-order valence-electron chi connectivity index (χ0n) is 14.3.